The fourth-order valence-corrected chi connectivity index (χ4v) is 5.23. The first-order valence-electron chi connectivity index (χ1n) is 13.9. The number of hydrogen-bond acceptors (Lipinski definition) is 7. The van der Waals surface area contributed by atoms with Gasteiger partial charge in [-0.3, -0.25) is 19.2 Å². The molecule has 1 aliphatic rings. The van der Waals surface area contributed by atoms with Crippen molar-refractivity contribution in [1.82, 2.24) is 14.8 Å². The number of hydrogen-bond donors (Lipinski definition) is 2. The minimum Gasteiger partial charge on any atom is -0.449 e. The van der Waals surface area contributed by atoms with Crippen LogP contribution in [0.3, 0.4) is 0 Å². The number of anilines is 2. The maximum absolute atomic E-state index is 13.5. The first-order chi connectivity index (χ1) is 20.1. The molecular weight excluding hydrogens is 562 g/mol. The molecule has 11 nitrogen and oxygen atoms in total. The molecule has 2 N–H and O–H groups in total. The van der Waals surface area contributed by atoms with Crippen molar-refractivity contribution in [2.45, 2.75) is 32.6 Å². The van der Waals surface area contributed by atoms with Gasteiger partial charge in [-0.05, 0) is 62.9 Å². The topological polar surface area (TPSA) is 134 Å². The molecule has 2 aromatic heterocycles. The van der Waals surface area contributed by atoms with Gasteiger partial charge in [0.15, 0.2) is 0 Å². The quantitative estimate of drug-likeness (QED) is 0.347. The lowest BCUT2D eigenvalue weighted by Gasteiger charge is -2.28. The van der Waals surface area contributed by atoms with Crippen molar-refractivity contribution in [2.75, 3.05) is 51.5 Å². The van der Waals surface area contributed by atoms with Gasteiger partial charge in [0.25, 0.3) is 11.8 Å². The second-order valence-electron chi connectivity index (χ2n) is 10.5. The molecule has 1 aliphatic carbocycles. The number of nitrogens with one attached hydrogen (secondary N) is 2. The summed E-state index contributed by atoms with van der Waals surface area (Å²) in [5, 5.41) is 6.42. The molecule has 0 bridgehead atoms. The summed E-state index contributed by atoms with van der Waals surface area (Å²) in [6, 6.07) is 7.99. The van der Waals surface area contributed by atoms with E-state index in [2.05, 4.69) is 15.6 Å². The molecule has 4 rings (SSSR count). The number of rotatable bonds is 10. The number of methoxy groups -OCH3 is 1. The Hall–Kier alpha value is -3.96. The molecule has 0 atom stereocenters. The molecule has 0 radical (unpaired) electrons. The number of likely N-dealkylation sites (N-methyl/N-ethyl adjacent to an activating group) is 1. The summed E-state index contributed by atoms with van der Waals surface area (Å²) in [5.41, 5.74) is 0.879. The van der Waals surface area contributed by atoms with Crippen molar-refractivity contribution in [2.24, 2.45) is 11.8 Å². The SMILES string of the molecule is CCN(CCOC)C(=O)c1ccc2oc(C(=O)Nc3ccc(Cl)cn3)c(NC(=O)C3CCC(C(=O)N(C)C)CC3)c2c1. The highest BCUT2D eigenvalue weighted by atomic mass is 35.5. The van der Waals surface area contributed by atoms with Gasteiger partial charge in [0.1, 0.15) is 17.1 Å². The van der Waals surface area contributed by atoms with Gasteiger partial charge in [-0.25, -0.2) is 4.98 Å². The van der Waals surface area contributed by atoms with Gasteiger partial charge in [0.2, 0.25) is 17.6 Å². The van der Waals surface area contributed by atoms with E-state index < -0.39 is 5.91 Å². The number of amides is 4. The Balaban J connectivity index is 1.64. The molecule has 1 aromatic carbocycles. The summed E-state index contributed by atoms with van der Waals surface area (Å²) in [7, 11) is 5.03. The largest absolute Gasteiger partial charge is 0.449 e. The molecule has 1 saturated carbocycles. The third-order valence-corrected chi connectivity index (χ3v) is 7.70. The van der Waals surface area contributed by atoms with Crippen molar-refractivity contribution >= 4 is 57.7 Å². The number of pyridine rings is 1. The predicted octanol–water partition coefficient (Wildman–Crippen LogP) is 4.68. The van der Waals surface area contributed by atoms with Gasteiger partial charge in [0.05, 0.1) is 11.6 Å². The van der Waals surface area contributed by atoms with Crippen LogP contribution in [-0.4, -0.2) is 79.3 Å². The smallest absolute Gasteiger partial charge is 0.294 e. The van der Waals surface area contributed by atoms with E-state index in [1.807, 2.05) is 6.92 Å². The van der Waals surface area contributed by atoms with Crippen LogP contribution in [0, 0.1) is 11.8 Å². The molecule has 0 saturated heterocycles. The molecule has 3 aromatic rings. The Morgan fingerprint density at radius 1 is 1.05 bits per heavy atom. The van der Waals surface area contributed by atoms with E-state index in [9.17, 15) is 19.2 Å². The van der Waals surface area contributed by atoms with Gasteiger partial charge < -0.3 is 29.6 Å². The second-order valence-corrected chi connectivity index (χ2v) is 10.9. The van der Waals surface area contributed by atoms with Crippen molar-refractivity contribution in [1.29, 1.82) is 0 Å². The van der Waals surface area contributed by atoms with E-state index in [0.29, 0.717) is 66.9 Å². The number of carbonyl (C=O) groups is 4. The van der Waals surface area contributed by atoms with Crippen LogP contribution >= 0.6 is 11.6 Å². The predicted molar refractivity (Wildman–Crippen MR) is 160 cm³/mol. The van der Waals surface area contributed by atoms with Crippen molar-refractivity contribution in [3.63, 3.8) is 0 Å². The molecule has 42 heavy (non-hydrogen) atoms. The zero-order valence-corrected chi connectivity index (χ0v) is 25.0. The van der Waals surface area contributed by atoms with Crippen molar-refractivity contribution in [3.05, 3.63) is 52.9 Å². The average molecular weight is 598 g/mol. The first-order valence-corrected chi connectivity index (χ1v) is 14.3. The Morgan fingerprint density at radius 3 is 2.38 bits per heavy atom. The number of carbonyl (C=O) groups excluding carboxylic acids is 4. The van der Waals surface area contributed by atoms with Crippen LogP contribution in [0.25, 0.3) is 11.0 Å². The van der Waals surface area contributed by atoms with E-state index >= 15 is 0 Å². The lowest BCUT2D eigenvalue weighted by atomic mass is 9.81. The maximum Gasteiger partial charge on any atom is 0.294 e. The number of furan rings is 1. The van der Waals surface area contributed by atoms with Crippen molar-refractivity contribution < 1.29 is 28.3 Å². The fourth-order valence-electron chi connectivity index (χ4n) is 5.12. The van der Waals surface area contributed by atoms with E-state index in [1.165, 1.54) is 6.20 Å². The van der Waals surface area contributed by atoms with Gasteiger partial charge >= 0.3 is 0 Å². The lowest BCUT2D eigenvalue weighted by Crippen LogP contribution is -2.35. The second kappa shape index (κ2) is 13.8. The number of aromatic nitrogens is 1. The van der Waals surface area contributed by atoms with Crippen LogP contribution in [0.4, 0.5) is 11.5 Å². The Bertz CT molecular complexity index is 1450. The monoisotopic (exact) mass is 597 g/mol. The Kier molecular flexibility index (Phi) is 10.2. The van der Waals surface area contributed by atoms with E-state index in [0.717, 1.165) is 0 Å². The van der Waals surface area contributed by atoms with Gasteiger partial charge in [-0.1, -0.05) is 11.6 Å². The standard InChI is InChI=1S/C30H36ClN5O6/c1-5-36(14-15-41-4)30(40)20-10-12-23-22(16-20)25(26(42-23)28(38)33-24-13-11-21(31)17-32-24)34-27(37)18-6-8-19(9-7-18)29(39)35(2)3/h10-13,16-19H,5-9,14-15H2,1-4H3,(H,34,37)(H,32,33,38). The van der Waals surface area contributed by atoms with Gasteiger partial charge in [-0.15, -0.1) is 0 Å². The summed E-state index contributed by atoms with van der Waals surface area (Å²) >= 11 is 5.92. The summed E-state index contributed by atoms with van der Waals surface area (Å²) in [6.07, 6.45) is 3.68. The lowest BCUT2D eigenvalue weighted by molar-refractivity contribution is -0.135. The van der Waals surface area contributed by atoms with Crippen LogP contribution in [0.2, 0.25) is 5.02 Å². The van der Waals surface area contributed by atoms with E-state index in [-0.39, 0.29) is 46.8 Å². The molecule has 4 amide bonds. The number of ether oxygens (including phenoxy) is 1. The fraction of sp³-hybridized carbons (Fsp3) is 0.433. The molecule has 12 heteroatoms. The molecule has 0 spiro atoms. The van der Waals surface area contributed by atoms with Crippen LogP contribution in [0.15, 0.2) is 40.9 Å². The highest BCUT2D eigenvalue weighted by Crippen LogP contribution is 2.35. The molecular formula is C30H36ClN5O6. The zero-order valence-electron chi connectivity index (χ0n) is 24.2. The van der Waals surface area contributed by atoms with Crippen LogP contribution in [0.1, 0.15) is 53.5 Å². The maximum atomic E-state index is 13.5. The number of halogens is 1. The Labute approximate surface area is 249 Å². The minimum absolute atomic E-state index is 0.0632. The van der Waals surface area contributed by atoms with E-state index in [1.54, 1.807) is 61.3 Å². The summed E-state index contributed by atoms with van der Waals surface area (Å²) in [5.74, 6) is -1.38. The molecule has 2 heterocycles. The highest BCUT2D eigenvalue weighted by molar-refractivity contribution is 6.30. The minimum atomic E-state index is -0.625. The third kappa shape index (κ3) is 7.08. The molecule has 224 valence electrons. The molecule has 1 fully saturated rings. The molecule has 0 aliphatic heterocycles. The normalized spacial score (nSPS) is 16.6. The summed E-state index contributed by atoms with van der Waals surface area (Å²) in [4.78, 5) is 59.8. The van der Waals surface area contributed by atoms with Crippen LogP contribution in [0.5, 0.6) is 0 Å². The number of nitrogens with zero attached hydrogens (tertiary/aromatic N) is 3. The molecule has 0 unspecified atom stereocenters. The van der Waals surface area contributed by atoms with Gasteiger partial charge in [0, 0.05) is 63.3 Å². The highest BCUT2D eigenvalue weighted by Gasteiger charge is 2.32. The number of benzene rings is 1. The van der Waals surface area contributed by atoms with Crippen LogP contribution < -0.4 is 10.6 Å². The Morgan fingerprint density at radius 2 is 1.76 bits per heavy atom. The number of fused-ring (bicyclic) bond motifs is 1. The third-order valence-electron chi connectivity index (χ3n) is 7.48. The van der Waals surface area contributed by atoms with Crippen LogP contribution in [-0.2, 0) is 14.3 Å². The van der Waals surface area contributed by atoms with E-state index in [4.69, 9.17) is 20.8 Å². The summed E-state index contributed by atoms with van der Waals surface area (Å²) in [6.45, 7) is 3.17. The zero-order chi connectivity index (χ0) is 30.4. The average Bonchev–Trinajstić information content (AvgIpc) is 3.35. The van der Waals surface area contributed by atoms with Crippen molar-refractivity contribution in [3.8, 4) is 0 Å². The summed E-state index contributed by atoms with van der Waals surface area (Å²) < 4.78 is 11.1. The van der Waals surface area contributed by atoms with Gasteiger partial charge in [-0.2, -0.15) is 0 Å². The first kappa shape index (κ1) is 31.0.